The maximum absolute atomic E-state index is 12.8. The van der Waals surface area contributed by atoms with Crippen LogP contribution in [0.3, 0.4) is 0 Å². The summed E-state index contributed by atoms with van der Waals surface area (Å²) in [5.74, 6) is -0.372. The Morgan fingerprint density at radius 2 is 2.07 bits per heavy atom. The summed E-state index contributed by atoms with van der Waals surface area (Å²) in [6, 6.07) is 2.26. The SMILES string of the molecule is COCc1nnc(N2CC(C(=O)N3CC(n4nc(C)cc4C)C3)CC2=O)s1. The summed E-state index contributed by atoms with van der Waals surface area (Å²) in [5.41, 5.74) is 2.09. The van der Waals surface area contributed by atoms with E-state index in [0.29, 0.717) is 36.4 Å². The fraction of sp³-hybridized carbons (Fsp3) is 0.588. The Balaban J connectivity index is 1.36. The number of amides is 2. The predicted molar refractivity (Wildman–Crippen MR) is 98.4 cm³/mol. The summed E-state index contributed by atoms with van der Waals surface area (Å²) < 4.78 is 7.03. The third kappa shape index (κ3) is 3.34. The Morgan fingerprint density at radius 1 is 1.30 bits per heavy atom. The van der Waals surface area contributed by atoms with E-state index in [2.05, 4.69) is 15.3 Å². The van der Waals surface area contributed by atoms with Crippen molar-refractivity contribution in [1.29, 1.82) is 0 Å². The topological polar surface area (TPSA) is 93.5 Å². The van der Waals surface area contributed by atoms with Crippen molar-refractivity contribution in [2.75, 3.05) is 31.6 Å². The Morgan fingerprint density at radius 3 is 2.74 bits per heavy atom. The summed E-state index contributed by atoms with van der Waals surface area (Å²) in [7, 11) is 1.59. The zero-order valence-electron chi connectivity index (χ0n) is 15.6. The molecule has 2 aliphatic heterocycles. The van der Waals surface area contributed by atoms with E-state index in [1.165, 1.54) is 11.3 Å². The molecular formula is C17H22N6O3S. The van der Waals surface area contributed by atoms with Crippen LogP contribution in [0.25, 0.3) is 0 Å². The number of methoxy groups -OCH3 is 1. The van der Waals surface area contributed by atoms with Crippen LogP contribution in [0.1, 0.15) is 28.9 Å². The Hall–Kier alpha value is -2.33. The number of carbonyl (C=O) groups is 2. The normalized spacial score (nSPS) is 20.4. The summed E-state index contributed by atoms with van der Waals surface area (Å²) in [6.45, 7) is 6.00. The highest BCUT2D eigenvalue weighted by molar-refractivity contribution is 7.15. The number of aromatic nitrogens is 4. The van der Waals surface area contributed by atoms with Gasteiger partial charge >= 0.3 is 0 Å². The smallest absolute Gasteiger partial charge is 0.229 e. The second-order valence-corrected chi connectivity index (χ2v) is 8.13. The van der Waals surface area contributed by atoms with E-state index in [1.54, 1.807) is 12.0 Å². The van der Waals surface area contributed by atoms with Gasteiger partial charge in [-0.3, -0.25) is 19.2 Å². The number of ether oxygens (including phenoxy) is 1. The van der Waals surface area contributed by atoms with Crippen molar-refractivity contribution in [3.63, 3.8) is 0 Å². The maximum Gasteiger partial charge on any atom is 0.229 e. The minimum absolute atomic E-state index is 0.0326. The molecule has 27 heavy (non-hydrogen) atoms. The lowest BCUT2D eigenvalue weighted by molar-refractivity contribution is -0.141. The minimum Gasteiger partial charge on any atom is -0.377 e. The Kier molecular flexibility index (Phi) is 4.68. The Labute approximate surface area is 160 Å². The molecule has 2 aliphatic rings. The number of nitrogens with zero attached hydrogens (tertiary/aromatic N) is 6. The third-order valence-corrected chi connectivity index (χ3v) is 5.91. The quantitative estimate of drug-likeness (QED) is 0.754. The summed E-state index contributed by atoms with van der Waals surface area (Å²) >= 11 is 1.32. The molecule has 144 valence electrons. The zero-order valence-corrected chi connectivity index (χ0v) is 16.4. The zero-order chi connectivity index (χ0) is 19.1. The molecule has 2 aromatic rings. The largest absolute Gasteiger partial charge is 0.377 e. The fourth-order valence-corrected chi connectivity index (χ4v) is 4.49. The van der Waals surface area contributed by atoms with Crippen molar-refractivity contribution in [3.8, 4) is 0 Å². The van der Waals surface area contributed by atoms with Gasteiger partial charge in [0, 0.05) is 38.9 Å². The summed E-state index contributed by atoms with van der Waals surface area (Å²) in [6.07, 6.45) is 0.221. The van der Waals surface area contributed by atoms with Gasteiger partial charge in [-0.15, -0.1) is 10.2 Å². The molecule has 2 fully saturated rings. The van der Waals surface area contributed by atoms with Gasteiger partial charge in [0.1, 0.15) is 11.6 Å². The molecule has 0 spiro atoms. The molecule has 0 aliphatic carbocycles. The highest BCUT2D eigenvalue weighted by Crippen LogP contribution is 2.31. The fourth-order valence-electron chi connectivity index (χ4n) is 3.66. The molecule has 1 atom stereocenters. The molecular weight excluding hydrogens is 368 g/mol. The second-order valence-electron chi connectivity index (χ2n) is 7.09. The van der Waals surface area contributed by atoms with Crippen molar-refractivity contribution in [2.24, 2.45) is 5.92 Å². The van der Waals surface area contributed by atoms with Gasteiger partial charge in [0.2, 0.25) is 16.9 Å². The number of aryl methyl sites for hydroxylation is 2. The number of anilines is 1. The number of likely N-dealkylation sites (tertiary alicyclic amines) is 1. The lowest BCUT2D eigenvalue weighted by Gasteiger charge is -2.40. The van der Waals surface area contributed by atoms with E-state index < -0.39 is 0 Å². The monoisotopic (exact) mass is 390 g/mol. The van der Waals surface area contributed by atoms with E-state index in [0.717, 1.165) is 11.4 Å². The van der Waals surface area contributed by atoms with Gasteiger partial charge < -0.3 is 9.64 Å². The number of rotatable bonds is 5. The average Bonchev–Trinajstić information content (AvgIpc) is 3.26. The molecule has 2 saturated heterocycles. The second kappa shape index (κ2) is 7.01. The minimum atomic E-state index is -0.325. The summed E-state index contributed by atoms with van der Waals surface area (Å²) in [5, 5.41) is 13.8. The van der Waals surface area contributed by atoms with Crippen LogP contribution in [0.4, 0.5) is 5.13 Å². The van der Waals surface area contributed by atoms with Gasteiger partial charge in [-0.2, -0.15) is 5.10 Å². The van der Waals surface area contributed by atoms with Gasteiger partial charge in [0.15, 0.2) is 0 Å². The standard InChI is InChI=1S/C17H22N6O3S/c1-10-4-11(2)23(20-10)13-7-21(8-13)16(25)12-5-15(24)22(6-12)17-19-18-14(27-17)9-26-3/h4,12-13H,5-9H2,1-3H3. The van der Waals surface area contributed by atoms with Crippen LogP contribution >= 0.6 is 11.3 Å². The van der Waals surface area contributed by atoms with Crippen LogP contribution in [0, 0.1) is 19.8 Å². The highest BCUT2D eigenvalue weighted by atomic mass is 32.1. The Bertz CT molecular complexity index is 872. The molecule has 0 aromatic carbocycles. The van der Waals surface area contributed by atoms with Gasteiger partial charge in [0.05, 0.1) is 17.7 Å². The van der Waals surface area contributed by atoms with E-state index in [-0.39, 0.29) is 30.2 Å². The van der Waals surface area contributed by atoms with Crippen LogP contribution in [-0.4, -0.2) is 63.4 Å². The number of carbonyl (C=O) groups excluding carboxylic acids is 2. The maximum atomic E-state index is 12.8. The average molecular weight is 390 g/mol. The first kappa shape index (κ1) is 18.1. The van der Waals surface area contributed by atoms with Crippen LogP contribution < -0.4 is 4.90 Å². The van der Waals surface area contributed by atoms with E-state index >= 15 is 0 Å². The van der Waals surface area contributed by atoms with Crippen LogP contribution in [0.15, 0.2) is 6.07 Å². The highest BCUT2D eigenvalue weighted by Gasteiger charge is 2.42. The first-order chi connectivity index (χ1) is 13.0. The molecule has 10 heteroatoms. The lowest BCUT2D eigenvalue weighted by Crippen LogP contribution is -2.53. The first-order valence-electron chi connectivity index (χ1n) is 8.89. The van der Waals surface area contributed by atoms with Crippen LogP contribution in [-0.2, 0) is 20.9 Å². The molecule has 0 bridgehead atoms. The lowest BCUT2D eigenvalue weighted by atomic mass is 10.0. The van der Waals surface area contributed by atoms with Crippen molar-refractivity contribution in [1.82, 2.24) is 24.9 Å². The molecule has 0 N–H and O–H groups in total. The third-order valence-electron chi connectivity index (χ3n) is 4.99. The predicted octanol–water partition coefficient (Wildman–Crippen LogP) is 0.934. The van der Waals surface area contributed by atoms with Crippen LogP contribution in [0.2, 0.25) is 0 Å². The molecule has 9 nitrogen and oxygen atoms in total. The van der Waals surface area contributed by atoms with Crippen molar-refractivity contribution in [3.05, 3.63) is 22.5 Å². The molecule has 1 unspecified atom stereocenters. The van der Waals surface area contributed by atoms with Crippen molar-refractivity contribution in [2.45, 2.75) is 32.9 Å². The first-order valence-corrected chi connectivity index (χ1v) is 9.71. The molecule has 4 heterocycles. The molecule has 2 aromatic heterocycles. The number of hydrogen-bond donors (Lipinski definition) is 0. The van der Waals surface area contributed by atoms with Gasteiger partial charge in [0.25, 0.3) is 0 Å². The van der Waals surface area contributed by atoms with Gasteiger partial charge in [-0.05, 0) is 19.9 Å². The van der Waals surface area contributed by atoms with Gasteiger partial charge in [-0.25, -0.2) is 0 Å². The summed E-state index contributed by atoms with van der Waals surface area (Å²) in [4.78, 5) is 28.5. The van der Waals surface area contributed by atoms with E-state index in [1.807, 2.05) is 29.5 Å². The van der Waals surface area contributed by atoms with Gasteiger partial charge in [-0.1, -0.05) is 11.3 Å². The van der Waals surface area contributed by atoms with E-state index in [9.17, 15) is 9.59 Å². The number of hydrogen-bond acceptors (Lipinski definition) is 7. The molecule has 0 radical (unpaired) electrons. The van der Waals surface area contributed by atoms with Crippen molar-refractivity contribution < 1.29 is 14.3 Å². The molecule has 2 amide bonds. The van der Waals surface area contributed by atoms with E-state index in [4.69, 9.17) is 4.74 Å². The van der Waals surface area contributed by atoms with Crippen molar-refractivity contribution >= 4 is 28.3 Å². The molecule has 4 rings (SSSR count). The molecule has 0 saturated carbocycles. The van der Waals surface area contributed by atoms with Crippen LogP contribution in [0.5, 0.6) is 0 Å².